The highest BCUT2D eigenvalue weighted by Crippen LogP contribution is 2.25. The zero-order valence-corrected chi connectivity index (χ0v) is 18.5. The number of carbonyl (C=O) groups excluding carboxylic acids is 1. The van der Waals surface area contributed by atoms with Gasteiger partial charge in [0.25, 0.3) is 5.91 Å². The van der Waals surface area contributed by atoms with E-state index < -0.39 is 10.0 Å². The van der Waals surface area contributed by atoms with Crippen molar-refractivity contribution in [1.82, 2.24) is 5.32 Å². The van der Waals surface area contributed by atoms with Crippen LogP contribution in [-0.4, -0.2) is 27.6 Å². The molecule has 1 unspecified atom stereocenters. The van der Waals surface area contributed by atoms with Crippen molar-refractivity contribution in [2.24, 2.45) is 0 Å². The van der Waals surface area contributed by atoms with E-state index in [1.165, 1.54) is 16.9 Å². The number of rotatable bonds is 5. The molecule has 0 fully saturated rings. The molecule has 0 saturated carbocycles. The van der Waals surface area contributed by atoms with Crippen LogP contribution in [0, 0.1) is 6.92 Å². The van der Waals surface area contributed by atoms with Crippen LogP contribution >= 0.6 is 0 Å². The third-order valence-corrected chi connectivity index (χ3v) is 6.11. The SMILES string of the molecule is Cc1cc(C(=O)NC(C)c2ccc(C(C)(C)C)cc2)ccc1N(C)S(C)(=O)=O. The van der Waals surface area contributed by atoms with Crippen molar-refractivity contribution in [2.45, 2.75) is 46.1 Å². The van der Waals surface area contributed by atoms with Crippen molar-refractivity contribution in [1.29, 1.82) is 0 Å². The van der Waals surface area contributed by atoms with E-state index in [9.17, 15) is 13.2 Å². The van der Waals surface area contributed by atoms with E-state index in [1.54, 1.807) is 25.1 Å². The van der Waals surface area contributed by atoms with Crippen LogP contribution in [-0.2, 0) is 15.4 Å². The lowest BCUT2D eigenvalue weighted by Crippen LogP contribution is -2.28. The molecular weight excluding hydrogens is 372 g/mol. The van der Waals surface area contributed by atoms with Gasteiger partial charge >= 0.3 is 0 Å². The molecule has 1 amide bonds. The smallest absolute Gasteiger partial charge is 0.251 e. The lowest BCUT2D eigenvalue weighted by Gasteiger charge is -2.21. The average Bonchev–Trinajstić information content (AvgIpc) is 2.59. The Kier molecular flexibility index (Phi) is 6.24. The van der Waals surface area contributed by atoms with Crippen molar-refractivity contribution in [2.75, 3.05) is 17.6 Å². The second-order valence-electron chi connectivity index (χ2n) is 8.30. The summed E-state index contributed by atoms with van der Waals surface area (Å²) < 4.78 is 24.7. The Balaban J connectivity index is 2.15. The van der Waals surface area contributed by atoms with Gasteiger partial charge in [0, 0.05) is 12.6 Å². The van der Waals surface area contributed by atoms with Gasteiger partial charge < -0.3 is 5.32 Å². The Morgan fingerprint density at radius 1 is 1.07 bits per heavy atom. The van der Waals surface area contributed by atoms with Crippen LogP contribution in [0.4, 0.5) is 5.69 Å². The molecule has 5 nitrogen and oxygen atoms in total. The first-order valence-corrected chi connectivity index (χ1v) is 11.1. The molecule has 28 heavy (non-hydrogen) atoms. The first kappa shape index (κ1) is 22.0. The number of nitrogens with one attached hydrogen (secondary N) is 1. The average molecular weight is 403 g/mol. The fourth-order valence-electron chi connectivity index (χ4n) is 2.96. The molecule has 0 bridgehead atoms. The van der Waals surface area contributed by atoms with Crippen molar-refractivity contribution < 1.29 is 13.2 Å². The lowest BCUT2D eigenvalue weighted by molar-refractivity contribution is 0.0940. The first-order chi connectivity index (χ1) is 12.8. The standard InChI is InChI=1S/C22H30N2O3S/c1-15-14-18(10-13-20(15)24(6)28(7,26)27)21(25)23-16(2)17-8-11-19(12-9-17)22(3,4)5/h8-14,16H,1-7H3,(H,23,25). The number of aryl methyl sites for hydroxylation is 1. The molecule has 0 heterocycles. The Bertz CT molecular complexity index is 958. The van der Waals surface area contributed by atoms with Crippen LogP contribution in [0.5, 0.6) is 0 Å². The molecule has 2 rings (SSSR count). The van der Waals surface area contributed by atoms with Crippen molar-refractivity contribution in [3.8, 4) is 0 Å². The molecule has 1 atom stereocenters. The second kappa shape index (κ2) is 7.95. The lowest BCUT2D eigenvalue weighted by atomic mass is 9.86. The topological polar surface area (TPSA) is 66.5 Å². The zero-order chi connectivity index (χ0) is 21.3. The number of hydrogen-bond donors (Lipinski definition) is 1. The summed E-state index contributed by atoms with van der Waals surface area (Å²) in [6.45, 7) is 10.2. The van der Waals surface area contributed by atoms with Crippen LogP contribution in [0.25, 0.3) is 0 Å². The minimum atomic E-state index is -3.35. The van der Waals surface area contributed by atoms with Gasteiger partial charge in [-0.2, -0.15) is 0 Å². The van der Waals surface area contributed by atoms with Gasteiger partial charge in [-0.3, -0.25) is 9.10 Å². The highest BCUT2D eigenvalue weighted by molar-refractivity contribution is 7.92. The molecule has 2 aromatic carbocycles. The Hall–Kier alpha value is -2.34. The number of carbonyl (C=O) groups is 1. The fourth-order valence-corrected chi connectivity index (χ4v) is 3.53. The summed E-state index contributed by atoms with van der Waals surface area (Å²) in [5.74, 6) is -0.191. The summed E-state index contributed by atoms with van der Waals surface area (Å²) >= 11 is 0. The van der Waals surface area contributed by atoms with Crippen LogP contribution in [0.2, 0.25) is 0 Å². The van der Waals surface area contributed by atoms with Crippen molar-refractivity contribution in [3.63, 3.8) is 0 Å². The summed E-state index contributed by atoms with van der Waals surface area (Å²) in [5.41, 5.74) is 4.15. The van der Waals surface area contributed by atoms with E-state index in [2.05, 4.69) is 38.2 Å². The molecule has 0 aliphatic heterocycles. The number of nitrogens with zero attached hydrogens (tertiary/aromatic N) is 1. The summed E-state index contributed by atoms with van der Waals surface area (Å²) in [4.78, 5) is 12.6. The van der Waals surface area contributed by atoms with Crippen molar-refractivity contribution >= 4 is 21.6 Å². The maximum absolute atomic E-state index is 12.6. The highest BCUT2D eigenvalue weighted by atomic mass is 32.2. The first-order valence-electron chi connectivity index (χ1n) is 9.26. The minimum absolute atomic E-state index is 0.0867. The van der Waals surface area contributed by atoms with E-state index in [0.29, 0.717) is 11.3 Å². The van der Waals surface area contributed by atoms with Gasteiger partial charge in [-0.15, -0.1) is 0 Å². The summed E-state index contributed by atoms with van der Waals surface area (Å²) in [5, 5.41) is 3.01. The monoisotopic (exact) mass is 402 g/mol. The van der Waals surface area contributed by atoms with E-state index >= 15 is 0 Å². The molecule has 2 aromatic rings. The van der Waals surface area contributed by atoms with Gasteiger partial charge in [0.05, 0.1) is 18.0 Å². The maximum atomic E-state index is 12.6. The van der Waals surface area contributed by atoms with E-state index in [0.717, 1.165) is 17.4 Å². The van der Waals surface area contributed by atoms with Crippen molar-refractivity contribution in [3.05, 3.63) is 64.7 Å². The quantitative estimate of drug-likeness (QED) is 0.816. The summed E-state index contributed by atoms with van der Waals surface area (Å²) in [7, 11) is -1.85. The highest BCUT2D eigenvalue weighted by Gasteiger charge is 2.18. The van der Waals surface area contributed by atoms with Crippen LogP contribution in [0.15, 0.2) is 42.5 Å². The predicted octanol–water partition coefficient (Wildman–Crippen LogP) is 4.18. The molecule has 0 radical (unpaired) electrons. The summed E-state index contributed by atoms with van der Waals surface area (Å²) in [6.07, 6.45) is 1.15. The number of hydrogen-bond acceptors (Lipinski definition) is 3. The van der Waals surface area contributed by atoms with Crippen LogP contribution in [0.1, 0.15) is 60.8 Å². The normalized spacial score (nSPS) is 13.1. The molecule has 0 aliphatic carbocycles. The largest absolute Gasteiger partial charge is 0.346 e. The molecule has 0 aliphatic rings. The van der Waals surface area contributed by atoms with Gasteiger partial charge in [-0.05, 0) is 54.2 Å². The number of sulfonamides is 1. The predicted molar refractivity (Wildman–Crippen MR) is 115 cm³/mol. The third-order valence-electron chi connectivity index (χ3n) is 4.92. The van der Waals surface area contributed by atoms with Crippen LogP contribution < -0.4 is 9.62 Å². The minimum Gasteiger partial charge on any atom is -0.346 e. The number of benzene rings is 2. The van der Waals surface area contributed by atoms with E-state index in [1.807, 2.05) is 19.1 Å². The molecule has 0 saturated heterocycles. The molecule has 1 N–H and O–H groups in total. The Morgan fingerprint density at radius 2 is 1.64 bits per heavy atom. The van der Waals surface area contributed by atoms with E-state index in [-0.39, 0.29) is 17.4 Å². The molecule has 0 aromatic heterocycles. The summed E-state index contributed by atoms with van der Waals surface area (Å²) in [6, 6.07) is 13.2. The molecule has 0 spiro atoms. The maximum Gasteiger partial charge on any atom is 0.251 e. The third kappa shape index (κ3) is 5.13. The molecule has 152 valence electrons. The Morgan fingerprint density at radius 3 is 2.11 bits per heavy atom. The van der Waals surface area contributed by atoms with E-state index in [4.69, 9.17) is 0 Å². The second-order valence-corrected chi connectivity index (χ2v) is 10.3. The fraction of sp³-hybridized carbons (Fsp3) is 0.409. The molecular formula is C22H30N2O3S. The van der Waals surface area contributed by atoms with Gasteiger partial charge in [-0.1, -0.05) is 45.0 Å². The Labute approximate surface area is 168 Å². The zero-order valence-electron chi connectivity index (χ0n) is 17.7. The number of amides is 1. The van der Waals surface area contributed by atoms with Gasteiger partial charge in [0.2, 0.25) is 10.0 Å². The van der Waals surface area contributed by atoms with Gasteiger partial charge in [0.15, 0.2) is 0 Å². The number of anilines is 1. The van der Waals surface area contributed by atoms with Gasteiger partial charge in [-0.25, -0.2) is 8.42 Å². The molecule has 6 heteroatoms. The van der Waals surface area contributed by atoms with Crippen LogP contribution in [0.3, 0.4) is 0 Å². The van der Waals surface area contributed by atoms with Gasteiger partial charge in [0.1, 0.15) is 0 Å².